The molecule has 0 saturated heterocycles. The van der Waals surface area contributed by atoms with E-state index in [4.69, 9.17) is 34.8 Å². The van der Waals surface area contributed by atoms with Gasteiger partial charge in [-0.25, -0.2) is 0 Å². The maximum absolute atomic E-state index is 6.07. The van der Waals surface area contributed by atoms with Crippen LogP contribution < -0.4 is 0 Å². The van der Waals surface area contributed by atoms with Crippen LogP contribution in [-0.2, 0) is 0 Å². The molecule has 0 amide bonds. The first-order chi connectivity index (χ1) is 7.08. The molecule has 2 aromatic rings. The molecule has 80 valence electrons. The zero-order valence-corrected chi connectivity index (χ0v) is 12.6. The highest BCUT2D eigenvalue weighted by Crippen LogP contribution is 2.43. The molecular weight excluding hydrogens is 358 g/mol. The minimum atomic E-state index is 0.0613. The van der Waals surface area contributed by atoms with Crippen LogP contribution in [0, 0.1) is 0 Å². The summed E-state index contributed by atoms with van der Waals surface area (Å²) in [4.78, 5) is 1.18. The van der Waals surface area contributed by atoms with Crippen molar-refractivity contribution in [2.45, 2.75) is 4.83 Å². The summed E-state index contributed by atoms with van der Waals surface area (Å²) in [5, 5.41) is 0. The van der Waals surface area contributed by atoms with Crippen LogP contribution in [0.25, 0.3) is 0 Å². The third-order valence-electron chi connectivity index (χ3n) is 1.80. The number of halogens is 4. The van der Waals surface area contributed by atoms with E-state index in [1.54, 1.807) is 0 Å². The van der Waals surface area contributed by atoms with E-state index in [2.05, 4.69) is 15.9 Å². The van der Waals surface area contributed by atoms with Crippen LogP contribution in [0.5, 0.6) is 0 Å². The van der Waals surface area contributed by atoms with E-state index in [9.17, 15) is 0 Å². The lowest BCUT2D eigenvalue weighted by molar-refractivity contribution is 1.25. The maximum Gasteiger partial charge on any atom is 0.0991 e. The van der Waals surface area contributed by atoms with E-state index in [0.29, 0.717) is 8.67 Å². The molecule has 0 radical (unpaired) electrons. The van der Waals surface area contributed by atoms with Crippen molar-refractivity contribution in [1.29, 1.82) is 0 Å². The van der Waals surface area contributed by atoms with Gasteiger partial charge in [-0.15, -0.1) is 22.7 Å². The molecule has 0 nitrogen and oxygen atoms in total. The number of hydrogen-bond acceptors (Lipinski definition) is 2. The molecule has 0 aromatic carbocycles. The van der Waals surface area contributed by atoms with Crippen molar-refractivity contribution in [3.63, 3.8) is 0 Å². The minimum Gasteiger partial charge on any atom is -0.127 e. The molecule has 0 aliphatic rings. The second-order valence-electron chi connectivity index (χ2n) is 2.78. The highest BCUT2D eigenvalue weighted by Gasteiger charge is 2.18. The molecular formula is C9H4BrCl3S2. The molecule has 2 aromatic heterocycles. The molecule has 0 saturated carbocycles. The third kappa shape index (κ3) is 2.71. The summed E-state index contributed by atoms with van der Waals surface area (Å²) in [6.07, 6.45) is 0. The average Bonchev–Trinajstić information content (AvgIpc) is 2.71. The molecule has 2 heterocycles. The number of rotatable bonds is 2. The van der Waals surface area contributed by atoms with Gasteiger partial charge in [0.25, 0.3) is 0 Å². The topological polar surface area (TPSA) is 0 Å². The molecule has 6 heteroatoms. The summed E-state index contributed by atoms with van der Waals surface area (Å²) in [6, 6.07) is 5.73. The van der Waals surface area contributed by atoms with Gasteiger partial charge in [0.1, 0.15) is 0 Å². The molecule has 0 spiro atoms. The summed E-state index contributed by atoms with van der Waals surface area (Å²) in [6.45, 7) is 0. The van der Waals surface area contributed by atoms with Gasteiger partial charge >= 0.3 is 0 Å². The smallest absolute Gasteiger partial charge is 0.0991 e. The van der Waals surface area contributed by atoms with E-state index >= 15 is 0 Å². The van der Waals surface area contributed by atoms with Gasteiger partial charge in [-0.1, -0.05) is 50.7 Å². The highest BCUT2D eigenvalue weighted by atomic mass is 79.9. The van der Waals surface area contributed by atoms with Crippen molar-refractivity contribution in [2.24, 2.45) is 0 Å². The fourth-order valence-electron chi connectivity index (χ4n) is 1.14. The van der Waals surface area contributed by atoms with Crippen molar-refractivity contribution >= 4 is 73.4 Å². The molecule has 0 fully saturated rings. The zero-order chi connectivity index (χ0) is 11.0. The molecule has 15 heavy (non-hydrogen) atoms. The van der Waals surface area contributed by atoms with E-state index in [1.165, 1.54) is 22.7 Å². The Morgan fingerprint density at radius 1 is 1.07 bits per heavy atom. The van der Waals surface area contributed by atoms with Gasteiger partial charge < -0.3 is 0 Å². The number of thiophene rings is 2. The Morgan fingerprint density at radius 3 is 2.27 bits per heavy atom. The molecule has 0 N–H and O–H groups in total. The molecule has 1 unspecified atom stereocenters. The van der Waals surface area contributed by atoms with Gasteiger partial charge in [0, 0.05) is 10.4 Å². The van der Waals surface area contributed by atoms with Gasteiger partial charge in [0.2, 0.25) is 0 Å². The first-order valence-electron chi connectivity index (χ1n) is 3.92. The molecule has 0 aliphatic carbocycles. The Hall–Kier alpha value is 0.750. The highest BCUT2D eigenvalue weighted by molar-refractivity contribution is 9.09. The fraction of sp³-hybridized carbons (Fsp3) is 0.111. The van der Waals surface area contributed by atoms with Crippen LogP contribution in [0.1, 0.15) is 15.3 Å². The van der Waals surface area contributed by atoms with Gasteiger partial charge in [-0.05, 0) is 18.2 Å². The van der Waals surface area contributed by atoms with Crippen LogP contribution in [0.3, 0.4) is 0 Å². The monoisotopic (exact) mass is 360 g/mol. The first kappa shape index (κ1) is 12.2. The second kappa shape index (κ2) is 4.94. The van der Waals surface area contributed by atoms with E-state index < -0.39 is 0 Å². The van der Waals surface area contributed by atoms with E-state index in [-0.39, 0.29) is 4.83 Å². The summed E-state index contributed by atoms with van der Waals surface area (Å²) >= 11 is 24.3. The molecule has 2 rings (SSSR count). The Labute approximate surface area is 119 Å². The zero-order valence-electron chi connectivity index (χ0n) is 7.14. The van der Waals surface area contributed by atoms with Gasteiger partial charge in [0.05, 0.1) is 17.8 Å². The van der Waals surface area contributed by atoms with Gasteiger partial charge in [0.15, 0.2) is 0 Å². The van der Waals surface area contributed by atoms with Crippen LogP contribution in [0.15, 0.2) is 18.2 Å². The summed E-state index contributed by atoms with van der Waals surface area (Å²) in [5.74, 6) is 0. The SMILES string of the molecule is Clc1ccc(C(Br)c2cc(Cl)sc2Cl)s1. The van der Waals surface area contributed by atoms with Crippen LogP contribution in [0.4, 0.5) is 0 Å². The predicted molar refractivity (Wildman–Crippen MR) is 74.4 cm³/mol. The van der Waals surface area contributed by atoms with Crippen LogP contribution >= 0.6 is 73.4 Å². The van der Waals surface area contributed by atoms with Crippen molar-refractivity contribution in [3.8, 4) is 0 Å². The lowest BCUT2D eigenvalue weighted by Crippen LogP contribution is -1.86. The Morgan fingerprint density at radius 2 is 1.80 bits per heavy atom. The third-order valence-corrected chi connectivity index (χ3v) is 5.90. The van der Waals surface area contributed by atoms with E-state index in [0.717, 1.165) is 14.8 Å². The molecule has 0 bridgehead atoms. The summed E-state index contributed by atoms with van der Waals surface area (Å²) in [5.41, 5.74) is 0.991. The minimum absolute atomic E-state index is 0.0613. The van der Waals surface area contributed by atoms with Crippen LogP contribution in [0.2, 0.25) is 13.0 Å². The predicted octanol–water partition coefficient (Wildman–Crippen LogP) is 6.25. The summed E-state index contributed by atoms with van der Waals surface area (Å²) < 4.78 is 2.18. The quantitative estimate of drug-likeness (QED) is 0.554. The Balaban J connectivity index is 2.35. The van der Waals surface area contributed by atoms with E-state index in [1.807, 2.05) is 18.2 Å². The Kier molecular flexibility index (Phi) is 4.03. The van der Waals surface area contributed by atoms with Gasteiger partial charge in [-0.2, -0.15) is 0 Å². The fourth-order valence-corrected chi connectivity index (χ4v) is 4.81. The normalized spacial score (nSPS) is 13.1. The molecule has 0 aliphatic heterocycles. The van der Waals surface area contributed by atoms with Crippen LogP contribution in [-0.4, -0.2) is 0 Å². The first-order valence-corrected chi connectivity index (χ1v) is 7.60. The Bertz CT molecular complexity index is 477. The van der Waals surface area contributed by atoms with Crippen molar-refractivity contribution in [2.75, 3.05) is 0 Å². The maximum atomic E-state index is 6.07. The average molecular weight is 363 g/mol. The summed E-state index contributed by atoms with van der Waals surface area (Å²) in [7, 11) is 0. The van der Waals surface area contributed by atoms with Crippen molar-refractivity contribution < 1.29 is 0 Å². The second-order valence-corrected chi connectivity index (χ2v) is 7.73. The van der Waals surface area contributed by atoms with Crippen molar-refractivity contribution in [3.05, 3.63) is 41.6 Å². The lowest BCUT2D eigenvalue weighted by atomic mass is 10.2. The lowest BCUT2D eigenvalue weighted by Gasteiger charge is -2.05. The van der Waals surface area contributed by atoms with Crippen molar-refractivity contribution in [1.82, 2.24) is 0 Å². The standard InChI is InChI=1S/C9H4BrCl3S2/c10-8(5-1-2-6(11)14-5)4-3-7(12)15-9(4)13/h1-3,8H. The number of alkyl halides is 1. The largest absolute Gasteiger partial charge is 0.127 e. The molecule has 1 atom stereocenters. The number of hydrogen-bond donors (Lipinski definition) is 0. The van der Waals surface area contributed by atoms with Gasteiger partial charge in [-0.3, -0.25) is 0 Å².